The van der Waals surface area contributed by atoms with Crippen molar-refractivity contribution in [2.75, 3.05) is 31.3 Å². The minimum absolute atomic E-state index is 0.0320. The van der Waals surface area contributed by atoms with E-state index in [1.54, 1.807) is 31.3 Å². The number of nitrogens with one attached hydrogen (secondary N) is 1. The monoisotopic (exact) mass is 268 g/mol. The van der Waals surface area contributed by atoms with Crippen LogP contribution in [0.25, 0.3) is 0 Å². The molecule has 1 aromatic rings. The first kappa shape index (κ1) is 12.9. The Morgan fingerprint density at radius 3 is 2.28 bits per heavy atom. The molecule has 0 aromatic heterocycles. The van der Waals surface area contributed by atoms with Crippen LogP contribution in [-0.4, -0.2) is 40.7 Å². The Balaban J connectivity index is 2.03. The zero-order valence-corrected chi connectivity index (χ0v) is 11.2. The number of sulfone groups is 1. The summed E-state index contributed by atoms with van der Waals surface area (Å²) in [6, 6.07) is 6.74. The van der Waals surface area contributed by atoms with Crippen molar-refractivity contribution in [1.29, 1.82) is 0 Å². The summed E-state index contributed by atoms with van der Waals surface area (Å²) >= 11 is 0. The maximum Gasteiger partial charge on any atom is 0.226 e. The highest BCUT2D eigenvalue weighted by Gasteiger charge is 2.32. The molecule has 5 nitrogen and oxygen atoms in total. The van der Waals surface area contributed by atoms with Gasteiger partial charge in [-0.05, 0) is 24.3 Å². The van der Waals surface area contributed by atoms with Gasteiger partial charge in [-0.2, -0.15) is 0 Å². The number of benzene rings is 1. The summed E-state index contributed by atoms with van der Waals surface area (Å²) in [5, 5.41) is 2.62. The van der Waals surface area contributed by atoms with E-state index in [9.17, 15) is 13.2 Å². The molecule has 0 unspecified atom stereocenters. The molecule has 6 heteroatoms. The molecule has 0 spiro atoms. The summed E-state index contributed by atoms with van der Waals surface area (Å²) in [6.45, 7) is 1.36. The number of carbonyl (C=O) groups is 1. The van der Waals surface area contributed by atoms with Crippen molar-refractivity contribution in [1.82, 2.24) is 5.32 Å². The molecule has 1 aromatic carbocycles. The van der Waals surface area contributed by atoms with Crippen molar-refractivity contribution in [3.8, 4) is 0 Å². The number of amides is 1. The standard InChI is InChI=1S/C12H16N2O3S/c1-13-12(15)9-7-14(8-9)10-3-5-11(6-4-10)18(2,16)17/h3-6,9H,7-8H2,1-2H3,(H,13,15). The van der Waals surface area contributed by atoms with Crippen LogP contribution in [0.4, 0.5) is 5.69 Å². The highest BCUT2D eigenvalue weighted by atomic mass is 32.2. The molecule has 1 amide bonds. The fourth-order valence-electron chi connectivity index (χ4n) is 1.96. The minimum atomic E-state index is -3.14. The molecule has 1 saturated heterocycles. The second-order valence-corrected chi connectivity index (χ2v) is 6.50. The largest absolute Gasteiger partial charge is 0.370 e. The van der Waals surface area contributed by atoms with Gasteiger partial charge in [0.15, 0.2) is 9.84 Å². The summed E-state index contributed by atoms with van der Waals surface area (Å²) in [7, 11) is -1.51. The molecule has 1 fully saturated rings. The smallest absolute Gasteiger partial charge is 0.226 e. The Morgan fingerprint density at radius 1 is 1.28 bits per heavy atom. The Kier molecular flexibility index (Phi) is 3.30. The molecule has 0 radical (unpaired) electrons. The number of nitrogens with zero attached hydrogens (tertiary/aromatic N) is 1. The van der Waals surface area contributed by atoms with Crippen molar-refractivity contribution in [2.24, 2.45) is 5.92 Å². The molecule has 0 bridgehead atoms. The number of carbonyl (C=O) groups excluding carboxylic acids is 1. The van der Waals surface area contributed by atoms with Crippen LogP contribution in [0.5, 0.6) is 0 Å². The van der Waals surface area contributed by atoms with Crippen LogP contribution < -0.4 is 10.2 Å². The zero-order valence-electron chi connectivity index (χ0n) is 10.4. The Morgan fingerprint density at radius 2 is 1.83 bits per heavy atom. The highest BCUT2D eigenvalue weighted by Crippen LogP contribution is 2.25. The van der Waals surface area contributed by atoms with E-state index in [4.69, 9.17) is 0 Å². The topological polar surface area (TPSA) is 66.5 Å². The number of hydrogen-bond acceptors (Lipinski definition) is 4. The van der Waals surface area contributed by atoms with E-state index in [-0.39, 0.29) is 11.8 Å². The maximum absolute atomic E-state index is 11.3. The van der Waals surface area contributed by atoms with Gasteiger partial charge in [-0.15, -0.1) is 0 Å². The fraction of sp³-hybridized carbons (Fsp3) is 0.417. The SMILES string of the molecule is CNC(=O)C1CN(c2ccc(S(C)(=O)=O)cc2)C1. The van der Waals surface area contributed by atoms with Gasteiger partial charge >= 0.3 is 0 Å². The van der Waals surface area contributed by atoms with Crippen LogP contribution in [0.3, 0.4) is 0 Å². The van der Waals surface area contributed by atoms with Crippen molar-refractivity contribution < 1.29 is 13.2 Å². The average Bonchev–Trinajstić information content (AvgIpc) is 2.26. The lowest BCUT2D eigenvalue weighted by atomic mass is 9.98. The number of rotatable bonds is 3. The highest BCUT2D eigenvalue weighted by molar-refractivity contribution is 7.90. The number of hydrogen-bond donors (Lipinski definition) is 1. The van der Waals surface area contributed by atoms with Crippen LogP contribution >= 0.6 is 0 Å². The van der Waals surface area contributed by atoms with E-state index < -0.39 is 9.84 Å². The van der Waals surface area contributed by atoms with Crippen molar-refractivity contribution in [3.05, 3.63) is 24.3 Å². The lowest BCUT2D eigenvalue weighted by Crippen LogP contribution is -2.53. The lowest BCUT2D eigenvalue weighted by Gasteiger charge is -2.39. The van der Waals surface area contributed by atoms with Gasteiger partial charge in [0.2, 0.25) is 5.91 Å². The van der Waals surface area contributed by atoms with Crippen molar-refractivity contribution in [2.45, 2.75) is 4.90 Å². The van der Waals surface area contributed by atoms with E-state index in [1.165, 1.54) is 6.26 Å². The predicted octanol–water partition coefficient (Wildman–Crippen LogP) is 0.272. The Hall–Kier alpha value is -1.56. The van der Waals surface area contributed by atoms with Gasteiger partial charge in [-0.3, -0.25) is 4.79 Å². The minimum Gasteiger partial charge on any atom is -0.370 e. The van der Waals surface area contributed by atoms with E-state index in [1.807, 2.05) is 4.90 Å². The quantitative estimate of drug-likeness (QED) is 0.854. The second-order valence-electron chi connectivity index (χ2n) is 4.48. The molecular weight excluding hydrogens is 252 g/mol. The summed E-state index contributed by atoms with van der Waals surface area (Å²) in [5.74, 6) is 0.0867. The van der Waals surface area contributed by atoms with E-state index in [2.05, 4.69) is 5.32 Å². The van der Waals surface area contributed by atoms with Gasteiger partial charge < -0.3 is 10.2 Å². The molecule has 0 aliphatic carbocycles. The van der Waals surface area contributed by atoms with Crippen molar-refractivity contribution >= 4 is 21.4 Å². The second kappa shape index (κ2) is 4.61. The van der Waals surface area contributed by atoms with Gasteiger partial charge in [0.25, 0.3) is 0 Å². The van der Waals surface area contributed by atoms with Crippen LogP contribution in [0.1, 0.15) is 0 Å². The third-order valence-electron chi connectivity index (χ3n) is 3.13. The van der Waals surface area contributed by atoms with E-state index >= 15 is 0 Å². The molecule has 1 aliphatic rings. The van der Waals surface area contributed by atoms with Crippen molar-refractivity contribution in [3.63, 3.8) is 0 Å². The lowest BCUT2D eigenvalue weighted by molar-refractivity contribution is -0.125. The third-order valence-corrected chi connectivity index (χ3v) is 4.26. The predicted molar refractivity (Wildman–Crippen MR) is 69.3 cm³/mol. The summed E-state index contributed by atoms with van der Waals surface area (Å²) < 4.78 is 22.6. The molecule has 1 aliphatic heterocycles. The molecule has 0 atom stereocenters. The van der Waals surface area contributed by atoms with E-state index in [0.717, 1.165) is 5.69 Å². The summed E-state index contributed by atoms with van der Waals surface area (Å²) in [4.78, 5) is 13.7. The fourth-order valence-corrected chi connectivity index (χ4v) is 2.59. The molecule has 2 rings (SSSR count). The van der Waals surface area contributed by atoms with Gasteiger partial charge in [-0.1, -0.05) is 0 Å². The first-order valence-corrected chi connectivity index (χ1v) is 7.57. The zero-order chi connectivity index (χ0) is 13.3. The van der Waals surface area contributed by atoms with Crippen LogP contribution in [0, 0.1) is 5.92 Å². The molecule has 98 valence electrons. The maximum atomic E-state index is 11.3. The van der Waals surface area contributed by atoms with Crippen LogP contribution in [0.15, 0.2) is 29.2 Å². The third kappa shape index (κ3) is 2.48. The Labute approximate surface area is 107 Å². The van der Waals surface area contributed by atoms with E-state index in [0.29, 0.717) is 18.0 Å². The molecule has 1 N–H and O–H groups in total. The molecular formula is C12H16N2O3S. The molecule has 1 heterocycles. The molecule has 0 saturated carbocycles. The number of anilines is 1. The van der Waals surface area contributed by atoms with Crippen LogP contribution in [-0.2, 0) is 14.6 Å². The normalized spacial score (nSPS) is 16.2. The summed E-state index contributed by atoms with van der Waals surface area (Å²) in [6.07, 6.45) is 1.19. The van der Waals surface area contributed by atoms with Gasteiger partial charge in [-0.25, -0.2) is 8.42 Å². The van der Waals surface area contributed by atoms with Gasteiger partial charge in [0.05, 0.1) is 10.8 Å². The Bertz CT molecular complexity index is 545. The van der Waals surface area contributed by atoms with Gasteiger partial charge in [0.1, 0.15) is 0 Å². The van der Waals surface area contributed by atoms with Crippen LogP contribution in [0.2, 0.25) is 0 Å². The summed E-state index contributed by atoms with van der Waals surface area (Å²) in [5.41, 5.74) is 0.947. The van der Waals surface area contributed by atoms with Gasteiger partial charge in [0, 0.05) is 32.1 Å². The molecule has 18 heavy (non-hydrogen) atoms. The average molecular weight is 268 g/mol. The first-order valence-electron chi connectivity index (χ1n) is 5.68. The first-order chi connectivity index (χ1) is 8.41.